The van der Waals surface area contributed by atoms with Crippen molar-refractivity contribution >= 4 is 11.7 Å². The number of carbonyl (C=O) groups is 2. The lowest BCUT2D eigenvalue weighted by atomic mass is 9.89. The lowest BCUT2D eigenvalue weighted by molar-refractivity contribution is -0.124. The third-order valence-electron chi connectivity index (χ3n) is 3.67. The second kappa shape index (κ2) is 7.50. The predicted octanol–water partition coefficient (Wildman–Crippen LogP) is 2.31. The highest BCUT2D eigenvalue weighted by Crippen LogP contribution is 2.30. The molecule has 124 valence electrons. The van der Waals surface area contributed by atoms with Gasteiger partial charge in [0.2, 0.25) is 0 Å². The number of hydrazine groups is 1. The molecular weight excluding hydrogens is 308 g/mol. The molecule has 3 rings (SSSR count). The normalized spacial score (nSPS) is 17.1. The van der Waals surface area contributed by atoms with Gasteiger partial charge in [0.1, 0.15) is 11.5 Å². The van der Waals surface area contributed by atoms with Crippen molar-refractivity contribution in [3.05, 3.63) is 66.3 Å². The Balaban J connectivity index is 1.48. The third-order valence-corrected chi connectivity index (χ3v) is 3.67. The van der Waals surface area contributed by atoms with Crippen LogP contribution in [0.5, 0.6) is 5.75 Å². The Morgan fingerprint density at radius 3 is 2.75 bits per heavy atom. The molecule has 24 heavy (non-hydrogen) atoms. The molecule has 6 heteroatoms. The van der Waals surface area contributed by atoms with Gasteiger partial charge in [0.25, 0.3) is 5.91 Å². The largest absolute Gasteiger partial charge is 0.484 e. The highest BCUT2D eigenvalue weighted by molar-refractivity contribution is 5.92. The average Bonchev–Trinajstić information content (AvgIpc) is 3.13. The lowest BCUT2D eigenvalue weighted by Crippen LogP contribution is -2.40. The number of carbonyl (C=O) groups excluding carboxylic acids is 2. The van der Waals surface area contributed by atoms with Gasteiger partial charge in [0.05, 0.1) is 6.26 Å². The molecule has 1 aromatic carbocycles. The Morgan fingerprint density at radius 1 is 1.17 bits per heavy atom. The van der Waals surface area contributed by atoms with Crippen molar-refractivity contribution in [1.29, 1.82) is 0 Å². The van der Waals surface area contributed by atoms with Crippen molar-refractivity contribution in [2.45, 2.75) is 18.8 Å². The molecule has 1 amide bonds. The lowest BCUT2D eigenvalue weighted by Gasteiger charge is -2.21. The molecule has 0 radical (unpaired) electrons. The molecule has 1 aliphatic carbocycles. The van der Waals surface area contributed by atoms with Crippen molar-refractivity contribution in [3.63, 3.8) is 0 Å². The van der Waals surface area contributed by atoms with E-state index in [1.807, 2.05) is 24.3 Å². The standard InChI is InChI=1S/C18H18N2O4/c21-15-10-13(17-7-4-8-23-17)9-14(11-15)19-20-18(22)12-24-16-5-2-1-3-6-16/h1-8,11,13,19H,9-10,12H2,(H,20,22)/t13-/m1/s1. The number of ketones is 1. The first-order valence-electron chi connectivity index (χ1n) is 7.70. The van der Waals surface area contributed by atoms with Gasteiger partial charge in [-0.2, -0.15) is 0 Å². The summed E-state index contributed by atoms with van der Waals surface area (Å²) in [5, 5.41) is 0. The minimum Gasteiger partial charge on any atom is -0.484 e. The van der Waals surface area contributed by atoms with E-state index >= 15 is 0 Å². The number of furan rings is 1. The number of benzene rings is 1. The zero-order chi connectivity index (χ0) is 16.8. The van der Waals surface area contributed by atoms with Crippen molar-refractivity contribution in [3.8, 4) is 5.75 Å². The Kier molecular flexibility index (Phi) is 4.96. The molecule has 0 fully saturated rings. The summed E-state index contributed by atoms with van der Waals surface area (Å²) in [6, 6.07) is 12.7. The second-order valence-electron chi connectivity index (χ2n) is 5.53. The fourth-order valence-corrected chi connectivity index (χ4v) is 2.56. The fraction of sp³-hybridized carbons (Fsp3) is 0.222. The molecule has 2 aromatic rings. The van der Waals surface area contributed by atoms with Gasteiger partial charge >= 0.3 is 0 Å². The van der Waals surface area contributed by atoms with Crippen molar-refractivity contribution in [1.82, 2.24) is 10.9 Å². The molecule has 1 heterocycles. The van der Waals surface area contributed by atoms with Crippen LogP contribution in [0.1, 0.15) is 24.5 Å². The molecule has 1 aromatic heterocycles. The molecule has 0 saturated carbocycles. The predicted molar refractivity (Wildman–Crippen MR) is 87.0 cm³/mol. The highest BCUT2D eigenvalue weighted by Gasteiger charge is 2.24. The zero-order valence-corrected chi connectivity index (χ0v) is 13.0. The molecule has 0 saturated heterocycles. The molecule has 2 N–H and O–H groups in total. The number of para-hydroxylation sites is 1. The van der Waals surface area contributed by atoms with Crippen molar-refractivity contribution in [2.24, 2.45) is 0 Å². The number of amides is 1. The SMILES string of the molecule is O=C1C=C(NNC(=O)COc2ccccc2)C[C@@H](c2ccco2)C1. The maximum Gasteiger partial charge on any atom is 0.276 e. The minimum atomic E-state index is -0.327. The van der Waals surface area contributed by atoms with Crippen LogP contribution in [0.3, 0.4) is 0 Å². The Morgan fingerprint density at radius 2 is 2.00 bits per heavy atom. The zero-order valence-electron chi connectivity index (χ0n) is 13.0. The summed E-state index contributed by atoms with van der Waals surface area (Å²) in [6.45, 7) is -0.111. The number of allylic oxidation sites excluding steroid dienone is 2. The van der Waals surface area contributed by atoms with E-state index < -0.39 is 0 Å². The van der Waals surface area contributed by atoms with Gasteiger partial charge in [-0.15, -0.1) is 0 Å². The van der Waals surface area contributed by atoms with Gasteiger partial charge < -0.3 is 14.6 Å². The van der Waals surface area contributed by atoms with Gasteiger partial charge in [-0.3, -0.25) is 15.0 Å². The monoisotopic (exact) mass is 326 g/mol. The second-order valence-corrected chi connectivity index (χ2v) is 5.53. The molecule has 0 spiro atoms. The third kappa shape index (κ3) is 4.25. The van der Waals surface area contributed by atoms with E-state index in [2.05, 4.69) is 10.9 Å². The first kappa shape index (κ1) is 15.9. The summed E-state index contributed by atoms with van der Waals surface area (Å²) in [5.41, 5.74) is 6.00. The van der Waals surface area contributed by atoms with Gasteiger partial charge in [0, 0.05) is 24.1 Å². The smallest absolute Gasteiger partial charge is 0.276 e. The summed E-state index contributed by atoms with van der Waals surface area (Å²) in [6.07, 6.45) is 4.11. The van der Waals surface area contributed by atoms with Gasteiger partial charge in [-0.05, 0) is 30.7 Å². The first-order valence-corrected chi connectivity index (χ1v) is 7.70. The Hall–Kier alpha value is -3.02. The maximum atomic E-state index is 11.8. The minimum absolute atomic E-state index is 0.0000606. The van der Waals surface area contributed by atoms with Crippen LogP contribution in [-0.4, -0.2) is 18.3 Å². The quantitative estimate of drug-likeness (QED) is 0.796. The maximum absolute atomic E-state index is 11.8. The van der Waals surface area contributed by atoms with Crippen LogP contribution < -0.4 is 15.6 Å². The summed E-state index contributed by atoms with van der Waals surface area (Å²) in [4.78, 5) is 23.7. The van der Waals surface area contributed by atoms with Gasteiger partial charge in [0.15, 0.2) is 12.4 Å². The van der Waals surface area contributed by atoms with E-state index in [0.717, 1.165) is 5.76 Å². The van der Waals surface area contributed by atoms with Crippen LogP contribution in [0.15, 0.2) is 64.9 Å². The van der Waals surface area contributed by atoms with Crippen LogP contribution >= 0.6 is 0 Å². The topological polar surface area (TPSA) is 80.6 Å². The Labute approximate surface area is 139 Å². The number of nitrogens with one attached hydrogen (secondary N) is 2. The molecule has 6 nitrogen and oxygen atoms in total. The van der Waals surface area contributed by atoms with E-state index in [-0.39, 0.29) is 24.2 Å². The first-order chi connectivity index (χ1) is 11.7. The van der Waals surface area contributed by atoms with E-state index in [1.54, 1.807) is 24.5 Å². The van der Waals surface area contributed by atoms with Crippen LogP contribution in [0.2, 0.25) is 0 Å². The van der Waals surface area contributed by atoms with E-state index in [1.165, 1.54) is 6.08 Å². The van der Waals surface area contributed by atoms with E-state index in [4.69, 9.17) is 9.15 Å². The van der Waals surface area contributed by atoms with Crippen LogP contribution in [0, 0.1) is 0 Å². The van der Waals surface area contributed by atoms with Crippen LogP contribution in [-0.2, 0) is 9.59 Å². The number of rotatable bonds is 6. The molecule has 1 aliphatic rings. The highest BCUT2D eigenvalue weighted by atomic mass is 16.5. The molecule has 0 unspecified atom stereocenters. The average molecular weight is 326 g/mol. The van der Waals surface area contributed by atoms with Crippen molar-refractivity contribution in [2.75, 3.05) is 6.61 Å². The molecule has 1 atom stereocenters. The molecule has 0 bridgehead atoms. The van der Waals surface area contributed by atoms with Gasteiger partial charge in [-0.25, -0.2) is 0 Å². The fourth-order valence-electron chi connectivity index (χ4n) is 2.56. The van der Waals surface area contributed by atoms with Crippen LogP contribution in [0.25, 0.3) is 0 Å². The van der Waals surface area contributed by atoms with Gasteiger partial charge in [-0.1, -0.05) is 18.2 Å². The summed E-state index contributed by atoms with van der Waals surface area (Å²) in [5.74, 6) is 1.05. The molecule has 0 aliphatic heterocycles. The van der Waals surface area contributed by atoms with Crippen LogP contribution in [0.4, 0.5) is 0 Å². The molecular formula is C18H18N2O4. The number of ether oxygens (including phenoxy) is 1. The summed E-state index contributed by atoms with van der Waals surface area (Å²) < 4.78 is 10.7. The number of hydrogen-bond acceptors (Lipinski definition) is 5. The number of hydrogen-bond donors (Lipinski definition) is 2. The van der Waals surface area contributed by atoms with Crippen molar-refractivity contribution < 1.29 is 18.7 Å². The van der Waals surface area contributed by atoms with E-state index in [0.29, 0.717) is 24.3 Å². The van der Waals surface area contributed by atoms with E-state index in [9.17, 15) is 9.59 Å². The summed E-state index contributed by atoms with van der Waals surface area (Å²) >= 11 is 0. The Bertz CT molecular complexity index is 723. The summed E-state index contributed by atoms with van der Waals surface area (Å²) in [7, 11) is 0.